The minimum atomic E-state index is -0.0513. The van der Waals surface area contributed by atoms with Crippen LogP contribution < -0.4 is 11.1 Å². The maximum Gasteiger partial charge on any atom is 0.233 e. The molecule has 1 atom stereocenters. The number of amides is 1. The molecule has 0 aromatic rings. The number of carbonyl (C=O) groups excluding carboxylic acids is 1. The highest BCUT2D eigenvalue weighted by Crippen LogP contribution is 2.16. The highest BCUT2D eigenvalue weighted by atomic mass is 16.1. The lowest BCUT2D eigenvalue weighted by Crippen LogP contribution is -2.34. The summed E-state index contributed by atoms with van der Waals surface area (Å²) in [6.07, 6.45) is 7.79. The monoisotopic (exact) mass is 168 g/mol. The van der Waals surface area contributed by atoms with Crippen molar-refractivity contribution >= 4 is 5.91 Å². The summed E-state index contributed by atoms with van der Waals surface area (Å²) in [5, 5.41) is 2.80. The lowest BCUT2D eigenvalue weighted by molar-refractivity contribution is -0.119. The number of hydrogen-bond acceptors (Lipinski definition) is 2. The van der Waals surface area contributed by atoms with Gasteiger partial charge >= 0.3 is 0 Å². The third-order valence-corrected chi connectivity index (χ3v) is 2.15. The zero-order valence-corrected chi connectivity index (χ0v) is 7.25. The van der Waals surface area contributed by atoms with Gasteiger partial charge < -0.3 is 11.1 Å². The zero-order valence-electron chi connectivity index (χ0n) is 7.25. The molecule has 0 saturated carbocycles. The van der Waals surface area contributed by atoms with Crippen LogP contribution in [0.15, 0.2) is 12.2 Å². The molecule has 1 amide bonds. The van der Waals surface area contributed by atoms with Crippen molar-refractivity contribution in [1.82, 2.24) is 5.32 Å². The van der Waals surface area contributed by atoms with Gasteiger partial charge in [0.1, 0.15) is 0 Å². The van der Waals surface area contributed by atoms with Gasteiger partial charge in [-0.1, -0.05) is 12.2 Å². The van der Waals surface area contributed by atoms with Crippen LogP contribution >= 0.6 is 0 Å². The van der Waals surface area contributed by atoms with Crippen molar-refractivity contribution in [3.05, 3.63) is 12.2 Å². The third kappa shape index (κ3) is 3.05. The third-order valence-electron chi connectivity index (χ3n) is 2.15. The van der Waals surface area contributed by atoms with Crippen molar-refractivity contribution in [3.8, 4) is 0 Å². The summed E-state index contributed by atoms with van der Waals surface area (Å²) in [5.41, 5.74) is 5.16. The quantitative estimate of drug-likeness (QED) is 0.600. The lowest BCUT2D eigenvalue weighted by Gasteiger charge is -2.17. The standard InChI is InChI=1S/C9H16N2O/c10-6-9(12)11-7-8-4-2-1-3-5-8/h1-2,8H,3-7,10H2,(H,11,12). The van der Waals surface area contributed by atoms with E-state index in [0.29, 0.717) is 5.92 Å². The van der Waals surface area contributed by atoms with E-state index in [2.05, 4.69) is 17.5 Å². The van der Waals surface area contributed by atoms with Crippen molar-refractivity contribution in [2.24, 2.45) is 11.7 Å². The second kappa shape index (κ2) is 4.93. The number of carbonyl (C=O) groups is 1. The Morgan fingerprint density at radius 3 is 3.00 bits per heavy atom. The van der Waals surface area contributed by atoms with Crippen LogP contribution in [-0.4, -0.2) is 19.0 Å². The summed E-state index contributed by atoms with van der Waals surface area (Å²) in [7, 11) is 0. The highest BCUT2D eigenvalue weighted by Gasteiger charge is 2.09. The van der Waals surface area contributed by atoms with Crippen molar-refractivity contribution in [2.75, 3.05) is 13.1 Å². The van der Waals surface area contributed by atoms with E-state index in [0.717, 1.165) is 19.4 Å². The van der Waals surface area contributed by atoms with Crippen LogP contribution in [0.2, 0.25) is 0 Å². The Balaban J connectivity index is 2.14. The minimum absolute atomic E-state index is 0.0513. The van der Waals surface area contributed by atoms with Crippen molar-refractivity contribution in [3.63, 3.8) is 0 Å². The van der Waals surface area contributed by atoms with Gasteiger partial charge in [-0.05, 0) is 25.2 Å². The molecule has 0 radical (unpaired) electrons. The first-order valence-electron chi connectivity index (χ1n) is 4.44. The molecule has 1 unspecified atom stereocenters. The predicted molar refractivity (Wildman–Crippen MR) is 48.5 cm³/mol. The molecule has 3 nitrogen and oxygen atoms in total. The molecule has 0 fully saturated rings. The zero-order chi connectivity index (χ0) is 8.81. The van der Waals surface area contributed by atoms with E-state index in [9.17, 15) is 4.79 Å². The maximum atomic E-state index is 10.8. The van der Waals surface area contributed by atoms with Crippen molar-refractivity contribution in [1.29, 1.82) is 0 Å². The fraction of sp³-hybridized carbons (Fsp3) is 0.667. The average Bonchev–Trinajstić information content (AvgIpc) is 2.16. The molecule has 0 bridgehead atoms. The van der Waals surface area contributed by atoms with E-state index in [1.54, 1.807) is 0 Å². The van der Waals surface area contributed by atoms with Crippen LogP contribution in [0.5, 0.6) is 0 Å². The van der Waals surface area contributed by atoms with Gasteiger partial charge in [0.25, 0.3) is 0 Å². The Kier molecular flexibility index (Phi) is 3.80. The van der Waals surface area contributed by atoms with Crippen LogP contribution in [0, 0.1) is 5.92 Å². The van der Waals surface area contributed by atoms with Crippen molar-refractivity contribution < 1.29 is 4.79 Å². The highest BCUT2D eigenvalue weighted by molar-refractivity contribution is 5.77. The summed E-state index contributed by atoms with van der Waals surface area (Å²) < 4.78 is 0. The number of rotatable bonds is 3. The molecule has 0 aromatic carbocycles. The summed E-state index contributed by atoms with van der Waals surface area (Å²) in [5.74, 6) is 0.565. The largest absolute Gasteiger partial charge is 0.355 e. The molecule has 0 spiro atoms. The molecule has 0 heterocycles. The summed E-state index contributed by atoms with van der Waals surface area (Å²) in [4.78, 5) is 10.8. The van der Waals surface area contributed by atoms with Crippen LogP contribution in [0.3, 0.4) is 0 Å². The van der Waals surface area contributed by atoms with E-state index in [-0.39, 0.29) is 12.5 Å². The maximum absolute atomic E-state index is 10.8. The van der Waals surface area contributed by atoms with E-state index >= 15 is 0 Å². The first-order chi connectivity index (χ1) is 5.83. The number of nitrogens with two attached hydrogens (primary N) is 1. The van der Waals surface area contributed by atoms with E-state index < -0.39 is 0 Å². The van der Waals surface area contributed by atoms with Gasteiger partial charge in [0.15, 0.2) is 0 Å². The van der Waals surface area contributed by atoms with E-state index in [4.69, 9.17) is 5.73 Å². The lowest BCUT2D eigenvalue weighted by atomic mass is 9.94. The van der Waals surface area contributed by atoms with Gasteiger partial charge in [-0.15, -0.1) is 0 Å². The molecule has 1 rings (SSSR count). The molecule has 3 heteroatoms. The Morgan fingerprint density at radius 1 is 1.58 bits per heavy atom. The second-order valence-electron chi connectivity index (χ2n) is 3.16. The molecular weight excluding hydrogens is 152 g/mol. The summed E-state index contributed by atoms with van der Waals surface area (Å²) in [6, 6.07) is 0. The fourth-order valence-corrected chi connectivity index (χ4v) is 1.37. The molecule has 12 heavy (non-hydrogen) atoms. The number of allylic oxidation sites excluding steroid dienone is 2. The molecule has 0 aromatic heterocycles. The normalized spacial score (nSPS) is 22.2. The van der Waals surface area contributed by atoms with Gasteiger partial charge in [0, 0.05) is 6.54 Å². The van der Waals surface area contributed by atoms with E-state index in [1.807, 2.05) is 0 Å². The minimum Gasteiger partial charge on any atom is -0.355 e. The van der Waals surface area contributed by atoms with Gasteiger partial charge in [-0.2, -0.15) is 0 Å². The van der Waals surface area contributed by atoms with Crippen LogP contribution in [0.25, 0.3) is 0 Å². The molecule has 0 aliphatic heterocycles. The predicted octanol–water partition coefficient (Wildman–Crippen LogP) is 0.418. The Bertz CT molecular complexity index is 177. The van der Waals surface area contributed by atoms with Gasteiger partial charge in [0.2, 0.25) is 5.91 Å². The average molecular weight is 168 g/mol. The van der Waals surface area contributed by atoms with Crippen LogP contribution in [0.1, 0.15) is 19.3 Å². The molecule has 0 saturated heterocycles. The van der Waals surface area contributed by atoms with E-state index in [1.165, 1.54) is 6.42 Å². The van der Waals surface area contributed by atoms with Gasteiger partial charge in [0.05, 0.1) is 6.54 Å². The molecular formula is C9H16N2O. The number of nitrogens with one attached hydrogen (secondary N) is 1. The van der Waals surface area contributed by atoms with Crippen LogP contribution in [-0.2, 0) is 4.79 Å². The van der Waals surface area contributed by atoms with Gasteiger partial charge in [-0.25, -0.2) is 0 Å². The smallest absolute Gasteiger partial charge is 0.233 e. The molecule has 3 N–H and O–H groups in total. The van der Waals surface area contributed by atoms with Crippen LogP contribution in [0.4, 0.5) is 0 Å². The SMILES string of the molecule is NCC(=O)NCC1CC=CCC1. The molecule has 1 aliphatic carbocycles. The second-order valence-corrected chi connectivity index (χ2v) is 3.16. The number of hydrogen-bond donors (Lipinski definition) is 2. The Labute approximate surface area is 73.0 Å². The van der Waals surface area contributed by atoms with Gasteiger partial charge in [-0.3, -0.25) is 4.79 Å². The first kappa shape index (κ1) is 9.26. The van der Waals surface area contributed by atoms with Crippen molar-refractivity contribution in [2.45, 2.75) is 19.3 Å². The molecule has 68 valence electrons. The summed E-state index contributed by atoms with van der Waals surface area (Å²) in [6.45, 7) is 0.878. The fourth-order valence-electron chi connectivity index (χ4n) is 1.37. The Morgan fingerprint density at radius 2 is 2.42 bits per heavy atom. The topological polar surface area (TPSA) is 55.1 Å². The first-order valence-corrected chi connectivity index (χ1v) is 4.44. The summed E-state index contributed by atoms with van der Waals surface area (Å²) >= 11 is 0. The Hall–Kier alpha value is -0.830. The molecule has 1 aliphatic rings.